The van der Waals surface area contributed by atoms with Gasteiger partial charge in [0.15, 0.2) is 0 Å². The molecule has 0 aliphatic heterocycles. The fraction of sp³-hybridized carbons (Fsp3) is 0.375. The van der Waals surface area contributed by atoms with Crippen LogP contribution in [0.15, 0.2) is 47.2 Å². The summed E-state index contributed by atoms with van der Waals surface area (Å²) in [6.07, 6.45) is 3.84. The molecule has 1 heterocycles. The van der Waals surface area contributed by atoms with Crippen molar-refractivity contribution in [2.24, 2.45) is 0 Å². The minimum absolute atomic E-state index is 0.211. The summed E-state index contributed by atoms with van der Waals surface area (Å²) < 4.78 is 0. The molecular weight excluding hydrogens is 238 g/mol. The molecule has 1 saturated carbocycles. The van der Waals surface area contributed by atoms with Crippen LogP contribution in [-0.4, -0.2) is 0 Å². The van der Waals surface area contributed by atoms with Gasteiger partial charge in [-0.3, -0.25) is 0 Å². The summed E-state index contributed by atoms with van der Waals surface area (Å²) in [5.74, 6) is 0. The van der Waals surface area contributed by atoms with Gasteiger partial charge in [-0.05, 0) is 54.1 Å². The first-order valence-corrected chi connectivity index (χ1v) is 7.60. The lowest BCUT2D eigenvalue weighted by Gasteiger charge is -2.45. The lowest BCUT2D eigenvalue weighted by atomic mass is 9.71. The lowest BCUT2D eigenvalue weighted by Crippen LogP contribution is -2.48. The van der Waals surface area contributed by atoms with Crippen LogP contribution in [0.5, 0.6) is 0 Å². The van der Waals surface area contributed by atoms with Crippen molar-refractivity contribution < 1.29 is 0 Å². The molecule has 1 atom stereocenters. The van der Waals surface area contributed by atoms with Crippen molar-refractivity contribution in [1.29, 1.82) is 0 Å². The monoisotopic (exact) mass is 257 g/mol. The van der Waals surface area contributed by atoms with Crippen molar-refractivity contribution in [3.05, 3.63) is 58.3 Å². The van der Waals surface area contributed by atoms with E-state index in [4.69, 9.17) is 0 Å². The first-order chi connectivity index (χ1) is 8.80. The number of hydrogen-bond donors (Lipinski definition) is 1. The number of nitrogens with one attached hydrogen (secondary N) is 1. The van der Waals surface area contributed by atoms with E-state index in [9.17, 15) is 0 Å². The summed E-state index contributed by atoms with van der Waals surface area (Å²) in [5, 5.41) is 8.26. The van der Waals surface area contributed by atoms with Gasteiger partial charge < -0.3 is 5.32 Å². The van der Waals surface area contributed by atoms with Crippen LogP contribution >= 0.6 is 11.3 Å². The Morgan fingerprint density at radius 1 is 1.17 bits per heavy atom. The van der Waals surface area contributed by atoms with Crippen LogP contribution in [0.1, 0.15) is 43.4 Å². The van der Waals surface area contributed by atoms with Crippen molar-refractivity contribution in [3.63, 3.8) is 0 Å². The third-order valence-corrected chi connectivity index (χ3v) is 4.77. The number of rotatable bonds is 4. The highest BCUT2D eigenvalue weighted by Gasteiger charge is 2.39. The van der Waals surface area contributed by atoms with E-state index in [0.717, 1.165) is 0 Å². The summed E-state index contributed by atoms with van der Waals surface area (Å²) >= 11 is 1.78. The van der Waals surface area contributed by atoms with Crippen molar-refractivity contribution >= 4 is 11.3 Å². The Hall–Kier alpha value is -1.12. The fourth-order valence-corrected chi connectivity index (χ4v) is 3.58. The standard InChI is InChI=1S/C16H19NS/c1-13(14-8-11-18-12-14)17-16(9-5-10-16)15-6-3-2-4-7-15/h2-4,6-8,11-13,17H,5,9-10H2,1H3/t13-/m0/s1. The maximum atomic E-state index is 3.86. The van der Waals surface area contributed by atoms with Gasteiger partial charge in [-0.15, -0.1) is 0 Å². The van der Waals surface area contributed by atoms with Gasteiger partial charge in [0.05, 0.1) is 0 Å². The number of benzene rings is 1. The van der Waals surface area contributed by atoms with Crippen LogP contribution < -0.4 is 5.32 Å². The van der Waals surface area contributed by atoms with Crippen molar-refractivity contribution in [3.8, 4) is 0 Å². The van der Waals surface area contributed by atoms with E-state index in [1.165, 1.54) is 30.4 Å². The molecule has 1 aliphatic rings. The Morgan fingerprint density at radius 2 is 1.94 bits per heavy atom. The van der Waals surface area contributed by atoms with Crippen molar-refractivity contribution in [2.45, 2.75) is 37.8 Å². The summed E-state index contributed by atoms with van der Waals surface area (Å²) in [6.45, 7) is 2.27. The van der Waals surface area contributed by atoms with E-state index in [1.54, 1.807) is 11.3 Å². The van der Waals surface area contributed by atoms with Gasteiger partial charge in [0.1, 0.15) is 0 Å². The van der Waals surface area contributed by atoms with Crippen LogP contribution in [-0.2, 0) is 5.54 Å². The quantitative estimate of drug-likeness (QED) is 0.851. The summed E-state index contributed by atoms with van der Waals surface area (Å²) in [5.41, 5.74) is 3.06. The van der Waals surface area contributed by atoms with Crippen molar-refractivity contribution in [2.75, 3.05) is 0 Å². The first-order valence-electron chi connectivity index (χ1n) is 6.65. The Labute approximate surface area is 113 Å². The average molecular weight is 257 g/mol. The second-order valence-electron chi connectivity index (χ2n) is 5.22. The second kappa shape index (κ2) is 4.87. The highest BCUT2D eigenvalue weighted by atomic mass is 32.1. The molecular formula is C16H19NS. The molecule has 1 fully saturated rings. The molecule has 3 rings (SSSR count). The molecule has 2 aromatic rings. The average Bonchev–Trinajstić information content (AvgIpc) is 2.88. The molecule has 2 heteroatoms. The third-order valence-electron chi connectivity index (χ3n) is 4.07. The van der Waals surface area contributed by atoms with Gasteiger partial charge in [0.2, 0.25) is 0 Å². The number of thiophene rings is 1. The molecule has 18 heavy (non-hydrogen) atoms. The topological polar surface area (TPSA) is 12.0 Å². The van der Waals surface area contributed by atoms with Gasteiger partial charge in [0.25, 0.3) is 0 Å². The van der Waals surface area contributed by atoms with Gasteiger partial charge in [-0.25, -0.2) is 0 Å². The highest BCUT2D eigenvalue weighted by molar-refractivity contribution is 7.07. The predicted molar refractivity (Wildman–Crippen MR) is 77.8 cm³/mol. The predicted octanol–water partition coefficient (Wildman–Crippen LogP) is 4.48. The van der Waals surface area contributed by atoms with E-state index in [0.29, 0.717) is 6.04 Å². The maximum Gasteiger partial charge on any atom is 0.0439 e. The normalized spacial score (nSPS) is 19.2. The first kappa shape index (κ1) is 11.9. The Kier molecular flexibility index (Phi) is 3.23. The summed E-state index contributed by atoms with van der Waals surface area (Å²) in [4.78, 5) is 0. The molecule has 0 radical (unpaired) electrons. The molecule has 1 aromatic heterocycles. The molecule has 0 unspecified atom stereocenters. The Balaban J connectivity index is 1.81. The van der Waals surface area contributed by atoms with Crippen LogP contribution in [0, 0.1) is 0 Å². The highest BCUT2D eigenvalue weighted by Crippen LogP contribution is 2.42. The SMILES string of the molecule is C[C@H](NC1(c2ccccc2)CCC1)c1ccsc1. The third kappa shape index (κ3) is 2.11. The molecule has 0 bridgehead atoms. The lowest BCUT2D eigenvalue weighted by molar-refractivity contribution is 0.167. The Morgan fingerprint density at radius 3 is 2.50 bits per heavy atom. The zero-order chi connectivity index (χ0) is 12.4. The minimum Gasteiger partial charge on any atom is -0.301 e. The van der Waals surface area contributed by atoms with E-state index >= 15 is 0 Å². The van der Waals surface area contributed by atoms with E-state index in [-0.39, 0.29) is 5.54 Å². The minimum atomic E-state index is 0.211. The smallest absolute Gasteiger partial charge is 0.0439 e. The van der Waals surface area contributed by atoms with E-state index in [1.807, 2.05) is 0 Å². The Bertz CT molecular complexity index is 485. The molecule has 0 amide bonds. The number of hydrogen-bond acceptors (Lipinski definition) is 2. The van der Waals surface area contributed by atoms with Crippen molar-refractivity contribution in [1.82, 2.24) is 5.32 Å². The van der Waals surface area contributed by atoms with Crippen LogP contribution in [0.2, 0.25) is 0 Å². The zero-order valence-corrected chi connectivity index (χ0v) is 11.5. The van der Waals surface area contributed by atoms with Gasteiger partial charge in [-0.2, -0.15) is 11.3 Å². The fourth-order valence-electron chi connectivity index (χ4n) is 2.82. The molecule has 1 N–H and O–H groups in total. The molecule has 1 nitrogen and oxygen atoms in total. The molecule has 94 valence electrons. The van der Waals surface area contributed by atoms with Gasteiger partial charge >= 0.3 is 0 Å². The second-order valence-corrected chi connectivity index (χ2v) is 6.00. The van der Waals surface area contributed by atoms with Gasteiger partial charge in [-0.1, -0.05) is 30.3 Å². The summed E-state index contributed by atoms with van der Waals surface area (Å²) in [7, 11) is 0. The largest absolute Gasteiger partial charge is 0.301 e. The molecule has 0 saturated heterocycles. The molecule has 1 aliphatic carbocycles. The molecule has 0 spiro atoms. The van der Waals surface area contributed by atoms with Crippen LogP contribution in [0.4, 0.5) is 0 Å². The van der Waals surface area contributed by atoms with Gasteiger partial charge in [0, 0.05) is 11.6 Å². The zero-order valence-electron chi connectivity index (χ0n) is 10.7. The molecule has 1 aromatic carbocycles. The van der Waals surface area contributed by atoms with Crippen LogP contribution in [0.25, 0.3) is 0 Å². The van der Waals surface area contributed by atoms with E-state index < -0.39 is 0 Å². The summed E-state index contributed by atoms with van der Waals surface area (Å²) in [6, 6.07) is 13.5. The van der Waals surface area contributed by atoms with Crippen LogP contribution in [0.3, 0.4) is 0 Å². The van der Waals surface area contributed by atoms with E-state index in [2.05, 4.69) is 59.4 Å². The maximum absolute atomic E-state index is 3.86.